The van der Waals surface area contributed by atoms with Crippen molar-refractivity contribution in [1.82, 2.24) is 9.55 Å². The van der Waals surface area contributed by atoms with Gasteiger partial charge in [0.2, 0.25) is 0 Å². The summed E-state index contributed by atoms with van der Waals surface area (Å²) in [5.41, 5.74) is 0.788. The third-order valence-corrected chi connectivity index (χ3v) is 3.23. The molecule has 0 spiro atoms. The maximum absolute atomic E-state index is 12.2. The summed E-state index contributed by atoms with van der Waals surface area (Å²) >= 11 is 3.38. The summed E-state index contributed by atoms with van der Waals surface area (Å²) < 4.78 is 2.60. The molecule has 90 valence electrons. The fourth-order valence-corrected chi connectivity index (χ4v) is 2.05. The molecule has 0 aliphatic rings. The average molecular weight is 295 g/mol. The van der Waals surface area contributed by atoms with Gasteiger partial charge in [0.15, 0.2) is 0 Å². The lowest BCUT2D eigenvalue weighted by Crippen LogP contribution is -2.21. The molecule has 0 radical (unpaired) electrons. The number of aromatic nitrogens is 2. The highest BCUT2D eigenvalue weighted by molar-refractivity contribution is 9.10. The van der Waals surface area contributed by atoms with Gasteiger partial charge in [-0.3, -0.25) is 9.36 Å². The first-order valence-corrected chi connectivity index (χ1v) is 6.52. The fraction of sp³-hybridized carbons (Fsp3) is 0.385. The molecule has 0 saturated heterocycles. The average Bonchev–Trinajstić information content (AvgIpc) is 2.29. The van der Waals surface area contributed by atoms with Gasteiger partial charge in [-0.25, -0.2) is 4.98 Å². The van der Waals surface area contributed by atoms with Crippen molar-refractivity contribution in [2.75, 3.05) is 0 Å². The third-order valence-electron chi connectivity index (χ3n) is 2.73. The van der Waals surface area contributed by atoms with Crippen LogP contribution in [0, 0.1) is 5.92 Å². The second-order valence-electron chi connectivity index (χ2n) is 4.59. The molecule has 0 aliphatic carbocycles. The predicted octanol–water partition coefficient (Wildman–Crippen LogP) is 3.21. The van der Waals surface area contributed by atoms with Gasteiger partial charge < -0.3 is 0 Å². The summed E-state index contributed by atoms with van der Waals surface area (Å²) in [5.74, 6) is 0.583. The van der Waals surface area contributed by atoms with Crippen LogP contribution < -0.4 is 5.56 Å². The summed E-state index contributed by atoms with van der Waals surface area (Å²) in [6, 6.07) is 5.58. The Kier molecular flexibility index (Phi) is 3.62. The first-order valence-electron chi connectivity index (χ1n) is 5.72. The third kappa shape index (κ3) is 2.75. The molecule has 1 aromatic heterocycles. The fourth-order valence-electron chi connectivity index (χ4n) is 1.69. The zero-order valence-electron chi connectivity index (χ0n) is 9.98. The molecular formula is C13H15BrN2O. The van der Waals surface area contributed by atoms with E-state index < -0.39 is 0 Å². The molecule has 0 bridgehead atoms. The van der Waals surface area contributed by atoms with Gasteiger partial charge in [-0.1, -0.05) is 29.8 Å². The van der Waals surface area contributed by atoms with Gasteiger partial charge in [-0.05, 0) is 30.5 Å². The van der Waals surface area contributed by atoms with Crippen LogP contribution in [0.25, 0.3) is 10.9 Å². The molecule has 0 unspecified atom stereocenters. The van der Waals surface area contributed by atoms with E-state index in [1.54, 1.807) is 10.9 Å². The van der Waals surface area contributed by atoms with E-state index in [4.69, 9.17) is 0 Å². The van der Waals surface area contributed by atoms with E-state index in [0.717, 1.165) is 23.0 Å². The second kappa shape index (κ2) is 5.00. The minimum Gasteiger partial charge on any atom is -0.299 e. The first kappa shape index (κ1) is 12.3. The Morgan fingerprint density at radius 2 is 2.18 bits per heavy atom. The van der Waals surface area contributed by atoms with Crippen molar-refractivity contribution < 1.29 is 0 Å². The van der Waals surface area contributed by atoms with Gasteiger partial charge in [0.05, 0.1) is 17.2 Å². The van der Waals surface area contributed by atoms with Crippen LogP contribution in [0.1, 0.15) is 20.3 Å². The maximum Gasteiger partial charge on any atom is 0.261 e. The number of halogens is 1. The Balaban J connectivity index is 2.46. The minimum absolute atomic E-state index is 0.0388. The Morgan fingerprint density at radius 3 is 2.88 bits per heavy atom. The molecular weight excluding hydrogens is 280 g/mol. The molecule has 0 fully saturated rings. The molecule has 0 saturated carbocycles. The van der Waals surface area contributed by atoms with Crippen LogP contribution in [-0.4, -0.2) is 9.55 Å². The molecule has 1 aromatic carbocycles. The SMILES string of the molecule is CC(C)CCn1cnc2ccc(Br)cc2c1=O. The zero-order valence-corrected chi connectivity index (χ0v) is 11.6. The number of benzene rings is 1. The second-order valence-corrected chi connectivity index (χ2v) is 5.50. The van der Waals surface area contributed by atoms with Crippen LogP contribution in [0.5, 0.6) is 0 Å². The van der Waals surface area contributed by atoms with Crippen LogP contribution in [0.4, 0.5) is 0 Å². The molecule has 0 atom stereocenters. The van der Waals surface area contributed by atoms with Crippen LogP contribution >= 0.6 is 15.9 Å². The van der Waals surface area contributed by atoms with Crippen molar-refractivity contribution in [2.45, 2.75) is 26.8 Å². The smallest absolute Gasteiger partial charge is 0.261 e. The summed E-state index contributed by atoms with van der Waals surface area (Å²) in [6.45, 7) is 5.03. The summed E-state index contributed by atoms with van der Waals surface area (Å²) in [7, 11) is 0. The Bertz CT molecular complexity index is 589. The first-order chi connectivity index (χ1) is 8.08. The van der Waals surface area contributed by atoms with Gasteiger partial charge in [0.25, 0.3) is 5.56 Å². The molecule has 0 N–H and O–H groups in total. The quantitative estimate of drug-likeness (QED) is 0.871. The van der Waals surface area contributed by atoms with E-state index in [9.17, 15) is 4.79 Å². The van der Waals surface area contributed by atoms with E-state index in [1.165, 1.54) is 0 Å². The monoisotopic (exact) mass is 294 g/mol. The van der Waals surface area contributed by atoms with Crippen LogP contribution in [0.2, 0.25) is 0 Å². The normalized spacial score (nSPS) is 11.3. The lowest BCUT2D eigenvalue weighted by molar-refractivity contribution is 0.506. The summed E-state index contributed by atoms with van der Waals surface area (Å²) in [6.07, 6.45) is 2.63. The van der Waals surface area contributed by atoms with Crippen molar-refractivity contribution >= 4 is 26.8 Å². The molecule has 2 rings (SSSR count). The van der Waals surface area contributed by atoms with Crippen molar-refractivity contribution in [2.24, 2.45) is 5.92 Å². The molecule has 0 amide bonds. The van der Waals surface area contributed by atoms with Crippen molar-refractivity contribution in [3.63, 3.8) is 0 Å². The zero-order chi connectivity index (χ0) is 12.4. The highest BCUT2D eigenvalue weighted by Gasteiger charge is 2.05. The van der Waals surface area contributed by atoms with Crippen LogP contribution in [0.15, 0.2) is 33.8 Å². The Hall–Kier alpha value is -1.16. The van der Waals surface area contributed by atoms with Gasteiger partial charge in [0.1, 0.15) is 0 Å². The standard InChI is InChI=1S/C13H15BrN2O/c1-9(2)5-6-16-8-15-12-4-3-10(14)7-11(12)13(16)17/h3-4,7-9H,5-6H2,1-2H3. The largest absolute Gasteiger partial charge is 0.299 e. The number of nitrogens with zero attached hydrogens (tertiary/aromatic N) is 2. The lowest BCUT2D eigenvalue weighted by Gasteiger charge is -2.08. The highest BCUT2D eigenvalue weighted by atomic mass is 79.9. The number of rotatable bonds is 3. The number of aryl methyl sites for hydroxylation is 1. The van der Waals surface area contributed by atoms with Gasteiger partial charge in [-0.2, -0.15) is 0 Å². The number of fused-ring (bicyclic) bond motifs is 1. The van der Waals surface area contributed by atoms with E-state index in [1.807, 2.05) is 18.2 Å². The Labute approximate surface area is 109 Å². The maximum atomic E-state index is 12.2. The molecule has 2 aromatic rings. The van der Waals surface area contributed by atoms with Crippen molar-refractivity contribution in [3.05, 3.63) is 39.4 Å². The topological polar surface area (TPSA) is 34.9 Å². The molecule has 3 nitrogen and oxygen atoms in total. The number of hydrogen-bond donors (Lipinski definition) is 0. The van der Waals surface area contributed by atoms with Gasteiger partial charge >= 0.3 is 0 Å². The lowest BCUT2D eigenvalue weighted by atomic mass is 10.1. The summed E-state index contributed by atoms with van der Waals surface area (Å²) in [5, 5.41) is 0.672. The molecule has 4 heteroatoms. The van der Waals surface area contributed by atoms with Crippen LogP contribution in [-0.2, 0) is 6.54 Å². The number of hydrogen-bond acceptors (Lipinski definition) is 2. The van der Waals surface area contributed by atoms with Crippen LogP contribution in [0.3, 0.4) is 0 Å². The molecule has 0 aliphatic heterocycles. The highest BCUT2D eigenvalue weighted by Crippen LogP contribution is 2.15. The molecule has 1 heterocycles. The predicted molar refractivity (Wildman–Crippen MR) is 73.2 cm³/mol. The van der Waals surface area contributed by atoms with Crippen molar-refractivity contribution in [1.29, 1.82) is 0 Å². The Morgan fingerprint density at radius 1 is 1.41 bits per heavy atom. The van der Waals surface area contributed by atoms with Gasteiger partial charge in [0, 0.05) is 11.0 Å². The van der Waals surface area contributed by atoms with E-state index in [2.05, 4.69) is 34.8 Å². The van der Waals surface area contributed by atoms with E-state index >= 15 is 0 Å². The van der Waals surface area contributed by atoms with E-state index in [0.29, 0.717) is 11.3 Å². The van der Waals surface area contributed by atoms with Gasteiger partial charge in [-0.15, -0.1) is 0 Å². The van der Waals surface area contributed by atoms with Crippen molar-refractivity contribution in [3.8, 4) is 0 Å². The van der Waals surface area contributed by atoms with E-state index in [-0.39, 0.29) is 5.56 Å². The summed E-state index contributed by atoms with van der Waals surface area (Å²) in [4.78, 5) is 16.5. The minimum atomic E-state index is 0.0388. The molecule has 17 heavy (non-hydrogen) atoms.